The summed E-state index contributed by atoms with van der Waals surface area (Å²) in [6.07, 6.45) is 4.07. The summed E-state index contributed by atoms with van der Waals surface area (Å²) in [6.45, 7) is 12.6. The van der Waals surface area contributed by atoms with Crippen molar-refractivity contribution < 1.29 is 37.9 Å². The zero-order valence-corrected chi connectivity index (χ0v) is 41.9. The van der Waals surface area contributed by atoms with Gasteiger partial charge in [-0.1, -0.05) is 110 Å². The van der Waals surface area contributed by atoms with Gasteiger partial charge < -0.3 is 37.9 Å². The highest BCUT2D eigenvalue weighted by Gasteiger charge is 2.37. The Bertz CT molecular complexity index is 2930. The highest BCUT2D eigenvalue weighted by atomic mass is 32.1. The molecule has 4 aromatic carbocycles. The number of hydrogen-bond donors (Lipinski definition) is 0. The zero-order chi connectivity index (χ0) is 46.1. The molecule has 4 aromatic heterocycles. The van der Waals surface area contributed by atoms with Crippen LogP contribution in [0, 0.1) is 20.8 Å². The van der Waals surface area contributed by atoms with Crippen molar-refractivity contribution in [2.45, 2.75) is 53.4 Å². The molecule has 0 fully saturated rings. The van der Waals surface area contributed by atoms with E-state index in [1.165, 1.54) is 44.5 Å². The maximum atomic E-state index is 6.25. The number of hydrogen-bond acceptors (Lipinski definition) is 12. The Hall–Kier alpha value is -5.92. The quantitative estimate of drug-likeness (QED) is 0.134. The van der Waals surface area contributed by atoms with E-state index in [-0.39, 0.29) is 0 Å². The first-order valence-corrected chi connectivity index (χ1v) is 26.6. The van der Waals surface area contributed by atoms with Gasteiger partial charge in [0.1, 0.15) is 52.9 Å². The van der Waals surface area contributed by atoms with Crippen molar-refractivity contribution in [3.05, 3.63) is 151 Å². The molecule has 12 heteroatoms. The summed E-state index contributed by atoms with van der Waals surface area (Å²) >= 11 is 6.57. The topological polar surface area (TPSA) is 73.8 Å². The van der Waals surface area contributed by atoms with Crippen LogP contribution in [-0.2, 0) is 25.7 Å². The first-order valence-electron chi connectivity index (χ1n) is 23.3. The Kier molecular flexibility index (Phi) is 12.8. The maximum Gasteiger partial charge on any atom is 0.181 e. The molecule has 4 aliphatic rings. The standard InChI is InChI=1S/C30H30.C26H22O8S4/c1-3-24-8-10-26(11-9-24)21-28-16-18-30(19-17-28)22-29-14-12-27(13-15-29)20-25-6-4-23(2)5-7-25;1-11-13-15(29-5-3-27-13)21(35-11)23-17-19(33-9-7-31-17)25(37-23)26-20-18(32-8-10-34-20)24(38-26)22-16-14(12(2)36-22)28-4-6-30-16/h4-19H,3,20-22H2,1-2H3;3-10H2,1-2H3. The predicted octanol–water partition coefficient (Wildman–Crippen LogP) is 14.0. The molecule has 0 spiro atoms. The van der Waals surface area contributed by atoms with Gasteiger partial charge in [-0.25, -0.2) is 0 Å². The van der Waals surface area contributed by atoms with E-state index in [0.29, 0.717) is 52.9 Å². The van der Waals surface area contributed by atoms with Crippen LogP contribution in [0.5, 0.6) is 46.0 Å². The molecule has 12 rings (SSSR count). The number of benzene rings is 4. The van der Waals surface area contributed by atoms with Crippen LogP contribution in [0.25, 0.3) is 29.3 Å². The lowest BCUT2D eigenvalue weighted by atomic mass is 9.98. The molecule has 0 atom stereocenters. The summed E-state index contributed by atoms with van der Waals surface area (Å²) < 4.78 is 48.9. The minimum atomic E-state index is 0.484. The lowest BCUT2D eigenvalue weighted by Gasteiger charge is -2.19. The Morgan fingerprint density at radius 2 is 0.515 bits per heavy atom. The molecule has 348 valence electrons. The Morgan fingerprint density at radius 3 is 0.794 bits per heavy atom. The third-order valence-electron chi connectivity index (χ3n) is 12.4. The van der Waals surface area contributed by atoms with E-state index in [1.54, 1.807) is 45.3 Å². The summed E-state index contributed by atoms with van der Waals surface area (Å²) in [4.78, 5) is 8.07. The van der Waals surface area contributed by atoms with Gasteiger partial charge in [0.15, 0.2) is 46.0 Å². The average Bonchev–Trinajstić information content (AvgIpc) is 4.14. The van der Waals surface area contributed by atoms with Gasteiger partial charge in [0, 0.05) is 9.75 Å². The normalized spacial score (nSPS) is 14.3. The molecule has 8 heterocycles. The molecular weight excluding hydrogens is 929 g/mol. The van der Waals surface area contributed by atoms with Gasteiger partial charge in [0.2, 0.25) is 0 Å². The molecule has 0 bridgehead atoms. The van der Waals surface area contributed by atoms with Gasteiger partial charge in [0.25, 0.3) is 0 Å². The van der Waals surface area contributed by atoms with Crippen LogP contribution in [0.15, 0.2) is 97.1 Å². The summed E-state index contributed by atoms with van der Waals surface area (Å²) in [5, 5.41) is 0. The molecule has 0 unspecified atom stereocenters. The van der Waals surface area contributed by atoms with Crippen molar-refractivity contribution in [3.63, 3.8) is 0 Å². The van der Waals surface area contributed by atoms with Crippen LogP contribution < -0.4 is 37.9 Å². The SMILES string of the molecule is CCc1ccc(Cc2ccc(Cc3ccc(Cc4ccc(C)cc4)cc3)cc2)cc1.Cc1sc(-c2sc(-c3sc(-c4sc(C)c5c4OCCO5)c4c3OCCO4)c3c2OCCO3)c2c1OCCO2. The van der Waals surface area contributed by atoms with Gasteiger partial charge in [-0.15, -0.1) is 45.3 Å². The number of thiophene rings is 4. The highest BCUT2D eigenvalue weighted by Crippen LogP contribution is 2.65. The maximum absolute atomic E-state index is 6.25. The number of aryl methyl sites for hydroxylation is 4. The fourth-order valence-corrected chi connectivity index (χ4v) is 13.7. The largest absolute Gasteiger partial charge is 0.485 e. The van der Waals surface area contributed by atoms with E-state index in [0.717, 1.165) is 111 Å². The van der Waals surface area contributed by atoms with E-state index >= 15 is 0 Å². The lowest BCUT2D eigenvalue weighted by molar-refractivity contribution is 0.170. The molecule has 0 amide bonds. The van der Waals surface area contributed by atoms with Crippen molar-refractivity contribution in [2.24, 2.45) is 0 Å². The van der Waals surface area contributed by atoms with Crippen LogP contribution in [0.3, 0.4) is 0 Å². The monoisotopic (exact) mass is 980 g/mol. The van der Waals surface area contributed by atoms with E-state index < -0.39 is 0 Å². The van der Waals surface area contributed by atoms with Gasteiger partial charge >= 0.3 is 0 Å². The Labute approximate surface area is 413 Å². The molecule has 0 saturated heterocycles. The number of rotatable bonds is 10. The van der Waals surface area contributed by atoms with E-state index in [4.69, 9.17) is 37.9 Å². The van der Waals surface area contributed by atoms with Crippen molar-refractivity contribution in [1.29, 1.82) is 0 Å². The van der Waals surface area contributed by atoms with Gasteiger partial charge in [-0.2, -0.15) is 0 Å². The first-order chi connectivity index (χ1) is 33.4. The third kappa shape index (κ3) is 9.07. The van der Waals surface area contributed by atoms with Crippen molar-refractivity contribution in [3.8, 4) is 75.3 Å². The number of fused-ring (bicyclic) bond motifs is 4. The molecule has 4 aliphatic heterocycles. The van der Waals surface area contributed by atoms with Crippen LogP contribution in [-0.4, -0.2) is 52.9 Å². The Balaban J connectivity index is 0.000000154. The zero-order valence-electron chi connectivity index (χ0n) is 38.6. The second kappa shape index (κ2) is 19.6. The lowest BCUT2D eigenvalue weighted by Crippen LogP contribution is -2.16. The fraction of sp³-hybridized carbons (Fsp3) is 0.286. The van der Waals surface area contributed by atoms with Crippen LogP contribution in [0.1, 0.15) is 61.2 Å². The number of ether oxygens (including phenoxy) is 8. The van der Waals surface area contributed by atoms with E-state index in [2.05, 4.69) is 125 Å². The molecule has 68 heavy (non-hydrogen) atoms. The van der Waals surface area contributed by atoms with Crippen molar-refractivity contribution in [1.82, 2.24) is 0 Å². The second-order valence-electron chi connectivity index (χ2n) is 17.2. The average molecular weight is 981 g/mol. The second-order valence-corrected chi connectivity index (χ2v) is 21.7. The Morgan fingerprint density at radius 1 is 0.294 bits per heavy atom. The smallest absolute Gasteiger partial charge is 0.181 e. The van der Waals surface area contributed by atoms with Crippen molar-refractivity contribution >= 4 is 45.3 Å². The molecule has 8 nitrogen and oxygen atoms in total. The van der Waals surface area contributed by atoms with Crippen LogP contribution >= 0.6 is 45.3 Å². The van der Waals surface area contributed by atoms with Gasteiger partial charge in [0.05, 0.1) is 29.3 Å². The predicted molar refractivity (Wildman–Crippen MR) is 276 cm³/mol. The molecule has 0 saturated carbocycles. The summed E-state index contributed by atoms with van der Waals surface area (Å²) in [7, 11) is 0. The third-order valence-corrected chi connectivity index (χ3v) is 17.3. The molecule has 0 aliphatic carbocycles. The fourth-order valence-electron chi connectivity index (χ4n) is 8.84. The molecular formula is C56H52O8S4. The van der Waals surface area contributed by atoms with E-state index in [9.17, 15) is 0 Å². The highest BCUT2D eigenvalue weighted by molar-refractivity contribution is 7.29. The molecule has 0 radical (unpaired) electrons. The minimum Gasteiger partial charge on any atom is -0.485 e. The van der Waals surface area contributed by atoms with Crippen LogP contribution in [0.4, 0.5) is 0 Å². The van der Waals surface area contributed by atoms with Crippen molar-refractivity contribution in [2.75, 3.05) is 52.9 Å². The van der Waals surface area contributed by atoms with Gasteiger partial charge in [-0.3, -0.25) is 0 Å². The summed E-state index contributed by atoms with van der Waals surface area (Å²) in [5.74, 6) is 6.19. The summed E-state index contributed by atoms with van der Waals surface area (Å²) in [6, 6.07) is 36.0. The van der Waals surface area contributed by atoms with Gasteiger partial charge in [-0.05, 0) is 85.4 Å². The first kappa shape index (κ1) is 44.6. The van der Waals surface area contributed by atoms with E-state index in [1.807, 2.05) is 0 Å². The molecule has 0 N–H and O–H groups in total. The van der Waals surface area contributed by atoms with Crippen LogP contribution in [0.2, 0.25) is 0 Å². The summed E-state index contributed by atoms with van der Waals surface area (Å²) in [5.41, 5.74) is 10.9. The minimum absolute atomic E-state index is 0.484. The molecule has 8 aromatic rings.